The Kier molecular flexibility index (Phi) is 6.78. The molecule has 6 nitrogen and oxygen atoms in total. The Bertz CT molecular complexity index is 894. The summed E-state index contributed by atoms with van der Waals surface area (Å²) in [5, 5.41) is 23.6. The summed E-state index contributed by atoms with van der Waals surface area (Å²) in [4.78, 5) is 25.2. The summed E-state index contributed by atoms with van der Waals surface area (Å²) in [7, 11) is 0. The fraction of sp³-hybridized carbons (Fsp3) is 0.318. The lowest BCUT2D eigenvalue weighted by molar-refractivity contribution is -0.122. The molecule has 2 rings (SSSR count). The minimum Gasteiger partial charge on any atom is -0.508 e. The summed E-state index contributed by atoms with van der Waals surface area (Å²) in [5.74, 6) is -0.744. The van der Waals surface area contributed by atoms with Gasteiger partial charge in [-0.25, -0.2) is 0 Å². The van der Waals surface area contributed by atoms with Crippen LogP contribution in [0.2, 0.25) is 0 Å². The van der Waals surface area contributed by atoms with Crippen LogP contribution in [0.3, 0.4) is 0 Å². The molecular formula is C22H25N3O3. The standard InChI is InChI=1S/C22H25N3O3/c1-22(2,3)17-8-5-7-16(14-17)20(27)25-19(21(28)24-11-10-23)13-15-6-4-9-18(26)12-15/h4-9,12,14,19,26H,11,13H2,1-3H3,(H,24,28)(H,25,27)/t19-/m0/s1. The molecule has 6 heteroatoms. The fourth-order valence-corrected chi connectivity index (χ4v) is 2.75. The van der Waals surface area contributed by atoms with E-state index in [9.17, 15) is 14.7 Å². The highest BCUT2D eigenvalue weighted by Crippen LogP contribution is 2.23. The number of phenolic OH excluding ortho intramolecular Hbond substituents is 1. The summed E-state index contributed by atoms with van der Waals surface area (Å²) in [6.07, 6.45) is 0.191. The zero-order valence-corrected chi connectivity index (χ0v) is 16.3. The van der Waals surface area contributed by atoms with Crippen LogP contribution in [0.15, 0.2) is 48.5 Å². The Hall–Kier alpha value is -3.33. The van der Waals surface area contributed by atoms with Gasteiger partial charge in [-0.2, -0.15) is 5.26 Å². The van der Waals surface area contributed by atoms with E-state index in [0.29, 0.717) is 11.1 Å². The van der Waals surface area contributed by atoms with Crippen molar-refractivity contribution in [3.63, 3.8) is 0 Å². The number of amides is 2. The van der Waals surface area contributed by atoms with Gasteiger partial charge in [-0.05, 0) is 40.8 Å². The van der Waals surface area contributed by atoms with Crippen molar-refractivity contribution in [1.29, 1.82) is 5.26 Å². The van der Waals surface area contributed by atoms with Gasteiger partial charge in [0.25, 0.3) is 5.91 Å². The molecule has 0 aliphatic rings. The van der Waals surface area contributed by atoms with Gasteiger partial charge in [0, 0.05) is 12.0 Å². The predicted octanol–water partition coefficient (Wildman–Crippen LogP) is 2.67. The first-order valence-electron chi connectivity index (χ1n) is 9.04. The van der Waals surface area contributed by atoms with Crippen LogP contribution in [0.4, 0.5) is 0 Å². The minimum atomic E-state index is -0.874. The maximum Gasteiger partial charge on any atom is 0.251 e. The van der Waals surface area contributed by atoms with Gasteiger partial charge in [-0.15, -0.1) is 0 Å². The SMILES string of the molecule is CC(C)(C)c1cccc(C(=O)N[C@@H](Cc2cccc(O)c2)C(=O)NCC#N)c1. The highest BCUT2D eigenvalue weighted by atomic mass is 16.3. The van der Waals surface area contributed by atoms with Gasteiger partial charge < -0.3 is 15.7 Å². The lowest BCUT2D eigenvalue weighted by Crippen LogP contribution is -2.48. The Morgan fingerprint density at radius 2 is 1.86 bits per heavy atom. The number of nitrogens with one attached hydrogen (secondary N) is 2. The monoisotopic (exact) mass is 379 g/mol. The number of hydrogen-bond donors (Lipinski definition) is 3. The van der Waals surface area contributed by atoms with Crippen molar-refractivity contribution < 1.29 is 14.7 Å². The van der Waals surface area contributed by atoms with E-state index >= 15 is 0 Å². The third-order valence-electron chi connectivity index (χ3n) is 4.30. The highest BCUT2D eigenvalue weighted by Gasteiger charge is 2.23. The second-order valence-electron chi connectivity index (χ2n) is 7.61. The van der Waals surface area contributed by atoms with Gasteiger partial charge in [-0.3, -0.25) is 9.59 Å². The molecule has 0 bridgehead atoms. The molecule has 0 heterocycles. The van der Waals surface area contributed by atoms with Crippen molar-refractivity contribution in [2.24, 2.45) is 0 Å². The van der Waals surface area contributed by atoms with E-state index < -0.39 is 11.9 Å². The molecule has 0 saturated carbocycles. The number of nitriles is 1. The number of rotatable bonds is 6. The molecule has 0 saturated heterocycles. The van der Waals surface area contributed by atoms with Crippen LogP contribution in [0, 0.1) is 11.3 Å². The van der Waals surface area contributed by atoms with Crippen LogP contribution >= 0.6 is 0 Å². The van der Waals surface area contributed by atoms with Crippen molar-refractivity contribution in [1.82, 2.24) is 10.6 Å². The average molecular weight is 379 g/mol. The molecule has 3 N–H and O–H groups in total. The summed E-state index contributed by atoms with van der Waals surface area (Å²) in [6.45, 7) is 6.03. The Balaban J connectivity index is 2.22. The lowest BCUT2D eigenvalue weighted by atomic mass is 9.86. The minimum absolute atomic E-state index is 0.0814. The van der Waals surface area contributed by atoms with Gasteiger partial charge in [0.1, 0.15) is 18.3 Å². The molecule has 2 amide bonds. The molecule has 0 spiro atoms. The first-order valence-corrected chi connectivity index (χ1v) is 9.04. The first kappa shape index (κ1) is 21.0. The predicted molar refractivity (Wildman–Crippen MR) is 107 cm³/mol. The zero-order chi connectivity index (χ0) is 20.7. The van der Waals surface area contributed by atoms with E-state index in [-0.39, 0.29) is 30.0 Å². The number of nitrogens with zero attached hydrogens (tertiary/aromatic N) is 1. The van der Waals surface area contributed by atoms with Gasteiger partial charge >= 0.3 is 0 Å². The number of carbonyl (C=O) groups excluding carboxylic acids is 2. The molecule has 0 fully saturated rings. The van der Waals surface area contributed by atoms with Crippen molar-refractivity contribution in [3.05, 3.63) is 65.2 Å². The maximum atomic E-state index is 12.8. The van der Waals surface area contributed by atoms with Gasteiger partial charge in [-0.1, -0.05) is 45.0 Å². The van der Waals surface area contributed by atoms with Crippen LogP contribution in [-0.2, 0) is 16.6 Å². The number of hydrogen-bond acceptors (Lipinski definition) is 4. The molecule has 0 radical (unpaired) electrons. The van der Waals surface area contributed by atoms with Crippen molar-refractivity contribution in [2.75, 3.05) is 6.54 Å². The first-order chi connectivity index (χ1) is 13.2. The molecule has 2 aromatic rings. The molecule has 0 aliphatic heterocycles. The molecule has 146 valence electrons. The number of phenols is 1. The van der Waals surface area contributed by atoms with E-state index in [1.165, 1.54) is 12.1 Å². The van der Waals surface area contributed by atoms with E-state index in [4.69, 9.17) is 5.26 Å². The Morgan fingerprint density at radius 3 is 2.50 bits per heavy atom. The van der Waals surface area contributed by atoms with Crippen molar-refractivity contribution in [2.45, 2.75) is 38.6 Å². The van der Waals surface area contributed by atoms with E-state index in [1.807, 2.05) is 24.3 Å². The summed E-state index contributed by atoms with van der Waals surface area (Å²) < 4.78 is 0. The van der Waals surface area contributed by atoms with E-state index in [0.717, 1.165) is 5.56 Å². The molecule has 0 aliphatic carbocycles. The largest absolute Gasteiger partial charge is 0.508 e. The maximum absolute atomic E-state index is 12.8. The molecule has 2 aromatic carbocycles. The second kappa shape index (κ2) is 9.05. The summed E-state index contributed by atoms with van der Waals surface area (Å²) in [6, 6.07) is 14.8. The van der Waals surface area contributed by atoms with Gasteiger partial charge in [0.15, 0.2) is 0 Å². The van der Waals surface area contributed by atoms with Gasteiger partial charge in [0.2, 0.25) is 5.91 Å². The molecule has 0 unspecified atom stereocenters. The Morgan fingerprint density at radius 1 is 1.14 bits per heavy atom. The lowest BCUT2D eigenvalue weighted by Gasteiger charge is -2.21. The smallest absolute Gasteiger partial charge is 0.251 e. The normalized spacial score (nSPS) is 11.9. The van der Waals surface area contributed by atoms with Crippen LogP contribution in [-0.4, -0.2) is 29.5 Å². The second-order valence-corrected chi connectivity index (χ2v) is 7.61. The summed E-state index contributed by atoms with van der Waals surface area (Å²) in [5.41, 5.74) is 2.06. The fourth-order valence-electron chi connectivity index (χ4n) is 2.75. The van der Waals surface area contributed by atoms with Crippen LogP contribution < -0.4 is 10.6 Å². The topological polar surface area (TPSA) is 102 Å². The third kappa shape index (κ3) is 5.85. The molecule has 0 aromatic heterocycles. The Labute approximate surface area is 165 Å². The van der Waals surface area contributed by atoms with Crippen molar-refractivity contribution >= 4 is 11.8 Å². The number of benzene rings is 2. The van der Waals surface area contributed by atoms with Crippen LogP contribution in [0.1, 0.15) is 42.3 Å². The quantitative estimate of drug-likeness (QED) is 0.672. The van der Waals surface area contributed by atoms with E-state index in [1.54, 1.807) is 18.2 Å². The average Bonchev–Trinajstić information content (AvgIpc) is 2.65. The van der Waals surface area contributed by atoms with Crippen molar-refractivity contribution in [3.8, 4) is 11.8 Å². The molecular weight excluding hydrogens is 354 g/mol. The number of carbonyl (C=O) groups is 2. The highest BCUT2D eigenvalue weighted by molar-refractivity contribution is 5.97. The van der Waals surface area contributed by atoms with E-state index in [2.05, 4.69) is 31.4 Å². The molecule has 28 heavy (non-hydrogen) atoms. The summed E-state index contributed by atoms with van der Waals surface area (Å²) >= 11 is 0. The van der Waals surface area contributed by atoms with Gasteiger partial charge in [0.05, 0.1) is 6.07 Å². The van der Waals surface area contributed by atoms with Crippen LogP contribution in [0.25, 0.3) is 0 Å². The number of aromatic hydroxyl groups is 1. The zero-order valence-electron chi connectivity index (χ0n) is 16.3. The van der Waals surface area contributed by atoms with Crippen LogP contribution in [0.5, 0.6) is 5.75 Å². The third-order valence-corrected chi connectivity index (χ3v) is 4.30. The molecule has 1 atom stereocenters.